The minimum atomic E-state index is -2.20. The molecule has 24 nitrogen and oxygen atoms in total. The summed E-state index contributed by atoms with van der Waals surface area (Å²) in [6.07, 6.45) is -41.1. The average molecular weight is 795 g/mol. The van der Waals surface area contributed by atoms with Crippen molar-refractivity contribution in [3.63, 3.8) is 0 Å². The van der Waals surface area contributed by atoms with E-state index >= 15 is 0 Å². The van der Waals surface area contributed by atoms with E-state index in [2.05, 4.69) is 0 Å². The zero-order chi connectivity index (χ0) is 39.9. The minimum absolute atomic E-state index is 0.529. The van der Waals surface area contributed by atoms with Crippen LogP contribution in [0.2, 0.25) is 0 Å². The van der Waals surface area contributed by atoms with Crippen molar-refractivity contribution in [3.8, 4) is 0 Å². The fourth-order valence-electron chi connectivity index (χ4n) is 6.80. The zero-order valence-electron chi connectivity index (χ0n) is 29.1. The third kappa shape index (κ3) is 8.70. The van der Waals surface area contributed by atoms with E-state index in [1.54, 1.807) is 0 Å². The molecule has 13 N–H and O–H groups in total. The molecule has 5 fully saturated rings. The molecule has 54 heavy (non-hydrogen) atoms. The number of aliphatic carboxylic acids is 1. The molecule has 0 aromatic carbocycles. The number of aliphatic hydroxyl groups is 12. The molecule has 314 valence electrons. The summed E-state index contributed by atoms with van der Waals surface area (Å²) in [7, 11) is 1.22. The molecule has 0 spiro atoms. The van der Waals surface area contributed by atoms with Gasteiger partial charge < -0.3 is 114 Å². The number of carboxylic acid groups (broad SMARTS) is 1. The maximum atomic E-state index is 12.3. The summed E-state index contributed by atoms with van der Waals surface area (Å²) in [4.78, 5) is 12.3. The lowest BCUT2D eigenvalue weighted by Gasteiger charge is -2.48. The first-order chi connectivity index (χ1) is 25.4. The molecule has 0 aromatic heterocycles. The SMILES string of the molecule is CO[C@@H]1[C@@H](O[C@@H]2CO[C@@H](O[C@H]3[C@H](O)[C@@H](O)[C@@H](O[C@H]4[C@@H](O)[C@H](O[C@@H]5O[C@@H](C)[C@H](O)[C@@H](O)[C@H]5O)[C@@H](CO)O[C@@H]4O)O[C@@H]3C(=O)O)[C@H](O)[C@H]2O)O[C@@H](C)[C@@H](O)[C@H]1O. The predicted octanol–water partition coefficient (Wildman–Crippen LogP) is -8.48. The van der Waals surface area contributed by atoms with Crippen LogP contribution in [0, 0.1) is 0 Å². The van der Waals surface area contributed by atoms with Gasteiger partial charge in [-0.15, -0.1) is 0 Å². The van der Waals surface area contributed by atoms with Crippen LogP contribution < -0.4 is 0 Å². The van der Waals surface area contributed by atoms with Gasteiger partial charge >= 0.3 is 5.97 Å². The van der Waals surface area contributed by atoms with E-state index in [1.165, 1.54) is 21.0 Å². The van der Waals surface area contributed by atoms with E-state index in [1.807, 2.05) is 0 Å². The molecule has 0 radical (unpaired) electrons. The van der Waals surface area contributed by atoms with Crippen molar-refractivity contribution >= 4 is 5.97 Å². The summed E-state index contributed by atoms with van der Waals surface area (Å²) in [5, 5.41) is 136. The fourth-order valence-corrected chi connectivity index (χ4v) is 6.80. The average Bonchev–Trinajstić information content (AvgIpc) is 3.13. The first kappa shape index (κ1) is 43.7. The first-order valence-corrected chi connectivity index (χ1v) is 17.1. The topological polar surface area (TPSA) is 372 Å². The zero-order valence-corrected chi connectivity index (χ0v) is 29.1. The van der Waals surface area contributed by atoms with E-state index in [0.29, 0.717) is 0 Å². The van der Waals surface area contributed by atoms with Gasteiger partial charge in [-0.2, -0.15) is 0 Å². The molecule has 5 aliphatic heterocycles. The molecule has 0 unspecified atom stereocenters. The number of carboxylic acids is 1. The first-order valence-electron chi connectivity index (χ1n) is 17.1. The highest BCUT2D eigenvalue weighted by atomic mass is 16.8. The number of rotatable bonds is 11. The van der Waals surface area contributed by atoms with Crippen molar-refractivity contribution < 1.29 is 119 Å². The number of aliphatic hydroxyl groups excluding tert-OH is 12. The minimum Gasteiger partial charge on any atom is -0.479 e. The maximum Gasteiger partial charge on any atom is 0.335 e. The number of methoxy groups -OCH3 is 1. The molecule has 5 saturated heterocycles. The summed E-state index contributed by atoms with van der Waals surface area (Å²) >= 11 is 0. The number of hydrogen-bond donors (Lipinski definition) is 13. The summed E-state index contributed by atoms with van der Waals surface area (Å²) < 4.78 is 54.4. The summed E-state index contributed by atoms with van der Waals surface area (Å²) in [5.41, 5.74) is 0. The van der Waals surface area contributed by atoms with Gasteiger partial charge in [0.05, 0.1) is 25.4 Å². The number of ether oxygens (including phenoxy) is 10. The third-order valence-corrected chi connectivity index (χ3v) is 10.1. The number of hydrogen-bond acceptors (Lipinski definition) is 23. The standard InChI is InChI=1S/C30H50O24/c1-6-10(32)13(35)17(39)28(47-6)51-20-8(4-31)49-26(44)22(19(20)41)53-29-18(40)15(37)21(24(54-29)25(42)43)52-27-16(38)12(34)9(5-46-27)50-30-23(45-3)14(36)11(33)7(2)48-30/h6-24,26-41,44H,4-5H2,1-3H3,(H,42,43)/t6-,7-,8+,9+,10-,11+,12-,13+,14+,15+,16+,17+,18+,19-,20+,21-,22-,23-,24-,26-,27-,28-,29-,30+/m0/s1. The smallest absolute Gasteiger partial charge is 0.335 e. The van der Waals surface area contributed by atoms with Gasteiger partial charge in [0.25, 0.3) is 0 Å². The monoisotopic (exact) mass is 794 g/mol. The molecule has 5 aliphatic rings. The van der Waals surface area contributed by atoms with E-state index < -0.39 is 167 Å². The van der Waals surface area contributed by atoms with E-state index in [-0.39, 0.29) is 0 Å². The van der Waals surface area contributed by atoms with Gasteiger partial charge in [0.2, 0.25) is 0 Å². The van der Waals surface area contributed by atoms with Gasteiger partial charge in [-0.05, 0) is 13.8 Å². The second-order valence-electron chi connectivity index (χ2n) is 13.7. The highest BCUT2D eigenvalue weighted by molar-refractivity contribution is 5.73. The fraction of sp³-hybridized carbons (Fsp3) is 0.967. The van der Waals surface area contributed by atoms with E-state index in [9.17, 15) is 71.2 Å². The van der Waals surface area contributed by atoms with Gasteiger partial charge in [0.1, 0.15) is 97.7 Å². The number of carbonyl (C=O) groups is 1. The highest BCUT2D eigenvalue weighted by Crippen LogP contribution is 2.34. The Morgan fingerprint density at radius 2 is 1.07 bits per heavy atom. The molecule has 5 rings (SSSR count). The predicted molar refractivity (Wildman–Crippen MR) is 163 cm³/mol. The van der Waals surface area contributed by atoms with Crippen molar-refractivity contribution in [2.24, 2.45) is 0 Å². The van der Waals surface area contributed by atoms with Gasteiger partial charge in [-0.1, -0.05) is 0 Å². The second-order valence-corrected chi connectivity index (χ2v) is 13.7. The molecular formula is C30H50O24. The lowest BCUT2D eigenvalue weighted by Crippen LogP contribution is -2.67. The molecule has 0 saturated carbocycles. The normalized spacial score (nSPS) is 53.2. The molecule has 24 atom stereocenters. The van der Waals surface area contributed by atoms with Gasteiger partial charge in [0.15, 0.2) is 37.6 Å². The van der Waals surface area contributed by atoms with Gasteiger partial charge in [-0.3, -0.25) is 0 Å². The van der Waals surface area contributed by atoms with Crippen LogP contribution in [0.5, 0.6) is 0 Å². The van der Waals surface area contributed by atoms with Crippen LogP contribution in [0.25, 0.3) is 0 Å². The summed E-state index contributed by atoms with van der Waals surface area (Å²) in [6.45, 7) is 1.40. The molecule has 0 aliphatic carbocycles. The maximum absolute atomic E-state index is 12.3. The Morgan fingerprint density at radius 3 is 1.69 bits per heavy atom. The Morgan fingerprint density at radius 1 is 0.556 bits per heavy atom. The van der Waals surface area contributed by atoms with Crippen LogP contribution in [0.15, 0.2) is 0 Å². The van der Waals surface area contributed by atoms with Crippen LogP contribution in [-0.4, -0.2) is 240 Å². The molecule has 0 bridgehead atoms. The van der Waals surface area contributed by atoms with Crippen LogP contribution in [-0.2, 0) is 52.2 Å². The van der Waals surface area contributed by atoms with Gasteiger partial charge in [0, 0.05) is 7.11 Å². The van der Waals surface area contributed by atoms with E-state index in [0.717, 1.165) is 0 Å². The van der Waals surface area contributed by atoms with Crippen LogP contribution >= 0.6 is 0 Å². The van der Waals surface area contributed by atoms with Crippen molar-refractivity contribution in [1.29, 1.82) is 0 Å². The second kappa shape index (κ2) is 18.0. The molecule has 5 heterocycles. The third-order valence-electron chi connectivity index (χ3n) is 10.1. The Labute approximate surface area is 306 Å². The van der Waals surface area contributed by atoms with Crippen LogP contribution in [0.4, 0.5) is 0 Å². The highest BCUT2D eigenvalue weighted by Gasteiger charge is 2.56. The Bertz CT molecular complexity index is 1220. The van der Waals surface area contributed by atoms with Crippen LogP contribution in [0.3, 0.4) is 0 Å². The molecule has 0 amide bonds. The summed E-state index contributed by atoms with van der Waals surface area (Å²) in [5.74, 6) is -1.79. The Balaban J connectivity index is 1.23. The van der Waals surface area contributed by atoms with Gasteiger partial charge in [-0.25, -0.2) is 4.79 Å². The van der Waals surface area contributed by atoms with Crippen molar-refractivity contribution in [2.45, 2.75) is 161 Å². The largest absolute Gasteiger partial charge is 0.479 e. The Hall–Kier alpha value is -1.41. The lowest BCUT2D eigenvalue weighted by molar-refractivity contribution is -0.388. The molecular weight excluding hydrogens is 744 g/mol. The Kier molecular flexibility index (Phi) is 14.6. The van der Waals surface area contributed by atoms with Crippen LogP contribution in [0.1, 0.15) is 13.8 Å². The van der Waals surface area contributed by atoms with Crippen molar-refractivity contribution in [2.75, 3.05) is 20.3 Å². The summed E-state index contributed by atoms with van der Waals surface area (Å²) in [6, 6.07) is 0. The quantitative estimate of drug-likeness (QED) is 0.0923. The van der Waals surface area contributed by atoms with Crippen molar-refractivity contribution in [3.05, 3.63) is 0 Å². The van der Waals surface area contributed by atoms with E-state index in [4.69, 9.17) is 47.4 Å². The van der Waals surface area contributed by atoms with Crippen molar-refractivity contribution in [1.82, 2.24) is 0 Å². The molecule has 24 heteroatoms. The molecule has 0 aromatic rings. The lowest BCUT2D eigenvalue weighted by atomic mass is 9.96.